The van der Waals surface area contributed by atoms with Gasteiger partial charge in [-0.2, -0.15) is 13.2 Å². The fourth-order valence-corrected chi connectivity index (χ4v) is 1.27. The molecule has 0 aliphatic rings. The van der Waals surface area contributed by atoms with Gasteiger partial charge in [-0.15, -0.1) is 6.58 Å². The lowest BCUT2D eigenvalue weighted by molar-refractivity contribution is -0.137. The van der Waals surface area contributed by atoms with E-state index >= 15 is 0 Å². The Balaban J connectivity index is 2.62. The maximum absolute atomic E-state index is 12.5. The maximum atomic E-state index is 12.5. The SMILES string of the molecule is C=CCN=C(N)NCC#Cc1cccc(C(F)(F)F)c1. The van der Waals surface area contributed by atoms with Gasteiger partial charge in [0.05, 0.1) is 18.7 Å². The van der Waals surface area contributed by atoms with Crippen LogP contribution in [0.15, 0.2) is 41.9 Å². The molecule has 0 aromatic heterocycles. The molecule has 0 heterocycles. The Bertz CT molecular complexity index is 551. The molecular weight excluding hydrogens is 267 g/mol. The minimum Gasteiger partial charge on any atom is -0.370 e. The molecule has 1 aromatic carbocycles. The van der Waals surface area contributed by atoms with E-state index in [0.717, 1.165) is 12.1 Å². The van der Waals surface area contributed by atoms with Gasteiger partial charge in [0.2, 0.25) is 0 Å². The van der Waals surface area contributed by atoms with Gasteiger partial charge in [0, 0.05) is 5.56 Å². The second kappa shape index (κ2) is 7.24. The monoisotopic (exact) mass is 281 g/mol. The predicted octanol–water partition coefficient (Wildman–Crippen LogP) is 2.15. The molecule has 106 valence electrons. The molecule has 3 nitrogen and oxygen atoms in total. The normalized spacial score (nSPS) is 11.4. The molecule has 0 aliphatic carbocycles. The number of rotatable bonds is 3. The molecule has 0 bridgehead atoms. The van der Waals surface area contributed by atoms with E-state index in [2.05, 4.69) is 28.7 Å². The van der Waals surface area contributed by atoms with Crippen molar-refractivity contribution in [2.24, 2.45) is 10.7 Å². The van der Waals surface area contributed by atoms with Crippen LogP contribution in [-0.4, -0.2) is 19.0 Å². The summed E-state index contributed by atoms with van der Waals surface area (Å²) in [5.41, 5.74) is 5.07. The third kappa shape index (κ3) is 5.48. The van der Waals surface area contributed by atoms with Gasteiger partial charge < -0.3 is 11.1 Å². The molecule has 0 fully saturated rings. The highest BCUT2D eigenvalue weighted by Gasteiger charge is 2.30. The number of aliphatic imine (C=N–C) groups is 1. The summed E-state index contributed by atoms with van der Waals surface area (Å²) < 4.78 is 37.4. The molecule has 0 saturated heterocycles. The standard InChI is InChI=1S/C14H14F3N3/c1-2-8-19-13(18)20-9-4-6-11-5-3-7-12(10-11)14(15,16)17/h2-3,5,7,10H,1,8-9H2,(H3,18,19,20). The van der Waals surface area contributed by atoms with Crippen LogP contribution in [0, 0.1) is 11.8 Å². The molecule has 0 unspecified atom stereocenters. The minimum atomic E-state index is -4.36. The second-order valence-electron chi connectivity index (χ2n) is 3.75. The van der Waals surface area contributed by atoms with Crippen LogP contribution in [0.1, 0.15) is 11.1 Å². The van der Waals surface area contributed by atoms with E-state index < -0.39 is 11.7 Å². The Morgan fingerprint density at radius 2 is 2.20 bits per heavy atom. The number of nitrogens with one attached hydrogen (secondary N) is 1. The lowest BCUT2D eigenvalue weighted by Gasteiger charge is -2.05. The summed E-state index contributed by atoms with van der Waals surface area (Å²) in [7, 11) is 0. The van der Waals surface area contributed by atoms with Crippen molar-refractivity contribution in [3.05, 3.63) is 48.0 Å². The van der Waals surface area contributed by atoms with E-state index in [4.69, 9.17) is 5.73 Å². The summed E-state index contributed by atoms with van der Waals surface area (Å²) in [6, 6.07) is 4.84. The van der Waals surface area contributed by atoms with E-state index in [1.54, 1.807) is 6.08 Å². The molecule has 6 heteroatoms. The highest BCUT2D eigenvalue weighted by Crippen LogP contribution is 2.29. The van der Waals surface area contributed by atoms with Crippen molar-refractivity contribution in [3.8, 4) is 11.8 Å². The van der Waals surface area contributed by atoms with E-state index in [1.807, 2.05) is 0 Å². The number of nitrogens with zero attached hydrogens (tertiary/aromatic N) is 1. The Kier molecular flexibility index (Phi) is 5.66. The molecule has 20 heavy (non-hydrogen) atoms. The van der Waals surface area contributed by atoms with Crippen molar-refractivity contribution >= 4 is 5.96 Å². The van der Waals surface area contributed by atoms with Crippen LogP contribution in [0.3, 0.4) is 0 Å². The fourth-order valence-electron chi connectivity index (χ4n) is 1.27. The van der Waals surface area contributed by atoms with E-state index in [9.17, 15) is 13.2 Å². The quantitative estimate of drug-likeness (QED) is 0.386. The lowest BCUT2D eigenvalue weighted by Crippen LogP contribution is -2.31. The number of alkyl halides is 3. The number of halogens is 3. The number of nitrogens with two attached hydrogens (primary N) is 1. The van der Waals surface area contributed by atoms with Crippen molar-refractivity contribution in [1.29, 1.82) is 0 Å². The maximum Gasteiger partial charge on any atom is 0.416 e. The molecule has 0 spiro atoms. The van der Waals surface area contributed by atoms with Crippen molar-refractivity contribution in [2.75, 3.05) is 13.1 Å². The van der Waals surface area contributed by atoms with Crippen LogP contribution in [0.5, 0.6) is 0 Å². The van der Waals surface area contributed by atoms with Gasteiger partial charge in [-0.25, -0.2) is 4.99 Å². The summed E-state index contributed by atoms with van der Waals surface area (Å²) in [5, 5.41) is 2.72. The zero-order valence-electron chi connectivity index (χ0n) is 10.7. The van der Waals surface area contributed by atoms with Gasteiger partial charge in [-0.1, -0.05) is 24.0 Å². The fraction of sp³-hybridized carbons (Fsp3) is 0.214. The van der Waals surface area contributed by atoms with Gasteiger partial charge >= 0.3 is 6.18 Å². The largest absolute Gasteiger partial charge is 0.416 e. The molecule has 0 atom stereocenters. The molecule has 3 N–H and O–H groups in total. The summed E-state index contributed by atoms with van der Waals surface area (Å²) in [5.74, 6) is 5.51. The lowest BCUT2D eigenvalue weighted by atomic mass is 10.1. The van der Waals surface area contributed by atoms with Gasteiger partial charge in [-0.05, 0) is 18.2 Å². The first kappa shape index (κ1) is 15.6. The van der Waals surface area contributed by atoms with Gasteiger partial charge in [0.15, 0.2) is 5.96 Å². The Hall–Kier alpha value is -2.42. The summed E-state index contributed by atoms with van der Waals surface area (Å²) in [6.45, 7) is 4.07. The molecular formula is C14H14F3N3. The molecule has 0 radical (unpaired) electrons. The zero-order valence-corrected chi connectivity index (χ0v) is 10.7. The first-order chi connectivity index (χ1) is 9.43. The van der Waals surface area contributed by atoms with Crippen molar-refractivity contribution in [2.45, 2.75) is 6.18 Å². The second-order valence-corrected chi connectivity index (χ2v) is 3.75. The van der Waals surface area contributed by atoms with Crippen LogP contribution in [0.25, 0.3) is 0 Å². The molecule has 1 rings (SSSR count). The molecule has 0 saturated carbocycles. The van der Waals surface area contributed by atoms with E-state index in [1.165, 1.54) is 12.1 Å². The van der Waals surface area contributed by atoms with Crippen LogP contribution in [0.2, 0.25) is 0 Å². The van der Waals surface area contributed by atoms with Crippen LogP contribution >= 0.6 is 0 Å². The highest BCUT2D eigenvalue weighted by molar-refractivity contribution is 5.78. The summed E-state index contributed by atoms with van der Waals surface area (Å²) in [6.07, 6.45) is -2.78. The minimum absolute atomic E-state index is 0.197. The van der Waals surface area contributed by atoms with E-state index in [0.29, 0.717) is 12.1 Å². The molecule has 0 amide bonds. The van der Waals surface area contributed by atoms with Crippen molar-refractivity contribution in [1.82, 2.24) is 5.32 Å². The third-order valence-corrected chi connectivity index (χ3v) is 2.17. The average molecular weight is 281 g/mol. The van der Waals surface area contributed by atoms with Crippen LogP contribution in [0.4, 0.5) is 13.2 Å². The zero-order chi connectivity index (χ0) is 15.0. The Morgan fingerprint density at radius 1 is 1.45 bits per heavy atom. The van der Waals surface area contributed by atoms with Crippen LogP contribution < -0.4 is 11.1 Å². The Labute approximate surface area is 115 Å². The van der Waals surface area contributed by atoms with Gasteiger partial charge in [0.1, 0.15) is 0 Å². The topological polar surface area (TPSA) is 50.4 Å². The molecule has 1 aromatic rings. The number of hydrogen-bond acceptors (Lipinski definition) is 1. The first-order valence-corrected chi connectivity index (χ1v) is 5.74. The number of guanidine groups is 1. The summed E-state index contributed by atoms with van der Waals surface area (Å²) in [4.78, 5) is 3.88. The van der Waals surface area contributed by atoms with E-state index in [-0.39, 0.29) is 12.5 Å². The van der Waals surface area contributed by atoms with Crippen molar-refractivity contribution in [3.63, 3.8) is 0 Å². The number of hydrogen-bond donors (Lipinski definition) is 2. The first-order valence-electron chi connectivity index (χ1n) is 5.74. The third-order valence-electron chi connectivity index (χ3n) is 2.17. The molecule has 0 aliphatic heterocycles. The van der Waals surface area contributed by atoms with Crippen LogP contribution in [-0.2, 0) is 6.18 Å². The summed E-state index contributed by atoms with van der Waals surface area (Å²) >= 11 is 0. The van der Waals surface area contributed by atoms with Gasteiger partial charge in [-0.3, -0.25) is 0 Å². The average Bonchev–Trinajstić information content (AvgIpc) is 2.41. The Morgan fingerprint density at radius 3 is 2.85 bits per heavy atom. The van der Waals surface area contributed by atoms with Crippen molar-refractivity contribution < 1.29 is 13.2 Å². The van der Waals surface area contributed by atoms with Gasteiger partial charge in [0.25, 0.3) is 0 Å². The highest BCUT2D eigenvalue weighted by atomic mass is 19.4. The number of benzene rings is 1. The smallest absolute Gasteiger partial charge is 0.370 e. The predicted molar refractivity (Wildman–Crippen MR) is 73.0 cm³/mol.